The fraction of sp³-hybridized carbons (Fsp3) is 0.111. The largest absolute Gasteiger partial charge is 0.348 e. The van der Waals surface area contributed by atoms with Gasteiger partial charge in [0.05, 0.1) is 0 Å². The maximum absolute atomic E-state index is 11.7. The van der Waals surface area contributed by atoms with Crippen molar-refractivity contribution in [1.29, 1.82) is 0 Å². The van der Waals surface area contributed by atoms with Gasteiger partial charge in [0.1, 0.15) is 0 Å². The first-order valence-corrected chi connectivity index (χ1v) is 7.01. The quantitative estimate of drug-likeness (QED) is 0.833. The minimum atomic E-state index is -0.335. The molecule has 0 bridgehead atoms. The van der Waals surface area contributed by atoms with Crippen molar-refractivity contribution in [3.63, 3.8) is 0 Å². The molecule has 0 saturated heterocycles. The van der Waals surface area contributed by atoms with Crippen LogP contribution in [0.15, 0.2) is 66.7 Å². The fourth-order valence-electron chi connectivity index (χ4n) is 1.82. The lowest BCUT2D eigenvalue weighted by atomic mass is 10.2. The predicted molar refractivity (Wildman–Crippen MR) is 87.2 cm³/mol. The van der Waals surface area contributed by atoms with E-state index in [1.54, 1.807) is 0 Å². The summed E-state index contributed by atoms with van der Waals surface area (Å²) in [6, 6.07) is 17.0. The van der Waals surface area contributed by atoms with E-state index in [-0.39, 0.29) is 11.8 Å². The Morgan fingerprint density at radius 2 is 1.55 bits per heavy atom. The van der Waals surface area contributed by atoms with Gasteiger partial charge in [-0.3, -0.25) is 9.59 Å². The molecule has 0 unspecified atom stereocenters. The number of hydrogen-bond acceptors (Lipinski definition) is 2. The van der Waals surface area contributed by atoms with E-state index in [1.807, 2.05) is 61.5 Å². The summed E-state index contributed by atoms with van der Waals surface area (Å²) in [5, 5.41) is 5.41. The Morgan fingerprint density at radius 3 is 2.23 bits per heavy atom. The zero-order valence-corrected chi connectivity index (χ0v) is 12.4. The van der Waals surface area contributed by atoms with Gasteiger partial charge in [-0.05, 0) is 24.6 Å². The van der Waals surface area contributed by atoms with Crippen molar-refractivity contribution in [3.8, 4) is 0 Å². The first-order valence-electron chi connectivity index (χ1n) is 7.01. The SMILES string of the molecule is Cc1ccc(NC(=O)/C=C/C(=O)NCc2ccccc2)cc1. The second-order valence-electron chi connectivity index (χ2n) is 4.89. The van der Waals surface area contributed by atoms with Crippen LogP contribution in [0.1, 0.15) is 11.1 Å². The Bertz CT molecular complexity index is 661. The number of carbonyl (C=O) groups is 2. The van der Waals surface area contributed by atoms with Crippen LogP contribution in [-0.2, 0) is 16.1 Å². The van der Waals surface area contributed by atoms with E-state index in [0.717, 1.165) is 11.1 Å². The third-order valence-corrected chi connectivity index (χ3v) is 3.01. The van der Waals surface area contributed by atoms with Crippen molar-refractivity contribution >= 4 is 17.5 Å². The van der Waals surface area contributed by atoms with Gasteiger partial charge in [0.2, 0.25) is 11.8 Å². The molecule has 2 N–H and O–H groups in total. The zero-order valence-electron chi connectivity index (χ0n) is 12.4. The summed E-state index contributed by atoms with van der Waals surface area (Å²) in [5.41, 5.74) is 2.83. The third kappa shape index (κ3) is 5.25. The maximum Gasteiger partial charge on any atom is 0.248 e. The van der Waals surface area contributed by atoms with Crippen LogP contribution in [0.5, 0.6) is 0 Å². The lowest BCUT2D eigenvalue weighted by Gasteiger charge is -2.03. The standard InChI is InChI=1S/C18H18N2O2/c1-14-7-9-16(10-8-14)20-18(22)12-11-17(21)19-13-15-5-3-2-4-6-15/h2-12H,13H2,1H3,(H,19,21)(H,20,22)/b12-11+. The molecule has 0 radical (unpaired) electrons. The molecule has 0 heterocycles. The number of carbonyl (C=O) groups excluding carboxylic acids is 2. The van der Waals surface area contributed by atoms with E-state index < -0.39 is 0 Å². The molecule has 22 heavy (non-hydrogen) atoms. The van der Waals surface area contributed by atoms with Crippen molar-refractivity contribution in [2.24, 2.45) is 0 Å². The van der Waals surface area contributed by atoms with Gasteiger partial charge in [0.25, 0.3) is 0 Å². The molecule has 2 aromatic carbocycles. The highest BCUT2D eigenvalue weighted by Gasteiger charge is 2.00. The number of amides is 2. The number of benzene rings is 2. The summed E-state index contributed by atoms with van der Waals surface area (Å²) >= 11 is 0. The Labute approximate surface area is 129 Å². The Balaban J connectivity index is 1.79. The van der Waals surface area contributed by atoms with Crippen LogP contribution in [0.2, 0.25) is 0 Å². The van der Waals surface area contributed by atoms with E-state index >= 15 is 0 Å². The van der Waals surface area contributed by atoms with Gasteiger partial charge in [-0.25, -0.2) is 0 Å². The highest BCUT2D eigenvalue weighted by atomic mass is 16.2. The second-order valence-corrected chi connectivity index (χ2v) is 4.89. The molecule has 112 valence electrons. The van der Waals surface area contributed by atoms with Gasteiger partial charge in [-0.2, -0.15) is 0 Å². The smallest absolute Gasteiger partial charge is 0.248 e. The maximum atomic E-state index is 11.7. The van der Waals surface area contributed by atoms with Gasteiger partial charge < -0.3 is 10.6 Å². The lowest BCUT2D eigenvalue weighted by molar-refractivity contribution is -0.117. The minimum Gasteiger partial charge on any atom is -0.348 e. The van der Waals surface area contributed by atoms with Crippen LogP contribution < -0.4 is 10.6 Å². The second kappa shape index (κ2) is 7.78. The van der Waals surface area contributed by atoms with E-state index in [0.29, 0.717) is 12.2 Å². The molecule has 2 amide bonds. The van der Waals surface area contributed by atoms with Crippen molar-refractivity contribution in [2.45, 2.75) is 13.5 Å². The van der Waals surface area contributed by atoms with E-state index in [9.17, 15) is 9.59 Å². The van der Waals surface area contributed by atoms with Crippen LogP contribution in [-0.4, -0.2) is 11.8 Å². The average molecular weight is 294 g/mol. The molecule has 0 atom stereocenters. The predicted octanol–water partition coefficient (Wildman–Crippen LogP) is 2.81. The van der Waals surface area contributed by atoms with Crippen molar-refractivity contribution in [3.05, 3.63) is 77.9 Å². The highest BCUT2D eigenvalue weighted by Crippen LogP contribution is 2.08. The molecule has 0 saturated carbocycles. The van der Waals surface area contributed by atoms with Gasteiger partial charge in [-0.1, -0.05) is 48.0 Å². The summed E-state index contributed by atoms with van der Waals surface area (Å²) in [6.45, 7) is 2.41. The van der Waals surface area contributed by atoms with Crippen molar-refractivity contribution < 1.29 is 9.59 Å². The Morgan fingerprint density at radius 1 is 0.909 bits per heavy atom. The molecule has 0 aliphatic rings. The van der Waals surface area contributed by atoms with Crippen LogP contribution in [0.3, 0.4) is 0 Å². The van der Waals surface area contributed by atoms with Crippen LogP contribution in [0, 0.1) is 6.92 Å². The normalized spacial score (nSPS) is 10.4. The Hall–Kier alpha value is -2.88. The van der Waals surface area contributed by atoms with Gasteiger partial charge in [-0.15, -0.1) is 0 Å². The van der Waals surface area contributed by atoms with Gasteiger partial charge in [0.15, 0.2) is 0 Å². The first kappa shape index (κ1) is 15.5. The summed E-state index contributed by atoms with van der Waals surface area (Å²) < 4.78 is 0. The summed E-state index contributed by atoms with van der Waals surface area (Å²) in [5.74, 6) is -0.637. The molecule has 0 aromatic heterocycles. The average Bonchev–Trinajstić information content (AvgIpc) is 2.54. The zero-order chi connectivity index (χ0) is 15.8. The Kier molecular flexibility index (Phi) is 5.49. The molecule has 0 aliphatic carbocycles. The van der Waals surface area contributed by atoms with Crippen LogP contribution in [0.4, 0.5) is 5.69 Å². The monoisotopic (exact) mass is 294 g/mol. The number of rotatable bonds is 5. The fourth-order valence-corrected chi connectivity index (χ4v) is 1.82. The van der Waals surface area contributed by atoms with Crippen LogP contribution in [0.25, 0.3) is 0 Å². The lowest BCUT2D eigenvalue weighted by Crippen LogP contribution is -2.21. The van der Waals surface area contributed by atoms with Gasteiger partial charge >= 0.3 is 0 Å². The number of nitrogens with one attached hydrogen (secondary N) is 2. The summed E-state index contributed by atoms with van der Waals surface area (Å²) in [7, 11) is 0. The molecule has 2 aromatic rings. The molecule has 2 rings (SSSR count). The van der Waals surface area contributed by atoms with Gasteiger partial charge in [0, 0.05) is 24.4 Å². The minimum absolute atomic E-state index is 0.303. The highest BCUT2D eigenvalue weighted by molar-refractivity contribution is 6.03. The molecule has 0 aliphatic heterocycles. The van der Waals surface area contributed by atoms with Crippen molar-refractivity contribution in [1.82, 2.24) is 5.32 Å². The number of anilines is 1. The molecular formula is C18H18N2O2. The van der Waals surface area contributed by atoms with Crippen LogP contribution >= 0.6 is 0 Å². The molecule has 0 spiro atoms. The molecular weight excluding hydrogens is 276 g/mol. The first-order chi connectivity index (χ1) is 10.6. The van der Waals surface area contributed by atoms with E-state index in [2.05, 4.69) is 10.6 Å². The summed E-state index contributed by atoms with van der Waals surface area (Å²) in [4.78, 5) is 23.3. The summed E-state index contributed by atoms with van der Waals surface area (Å²) in [6.07, 6.45) is 2.45. The number of aryl methyl sites for hydroxylation is 1. The van der Waals surface area contributed by atoms with Crippen molar-refractivity contribution in [2.75, 3.05) is 5.32 Å². The molecule has 4 heteroatoms. The molecule has 0 fully saturated rings. The molecule has 4 nitrogen and oxygen atoms in total. The topological polar surface area (TPSA) is 58.2 Å². The van der Waals surface area contributed by atoms with E-state index in [1.165, 1.54) is 12.2 Å². The third-order valence-electron chi connectivity index (χ3n) is 3.01. The number of hydrogen-bond donors (Lipinski definition) is 2. The van der Waals surface area contributed by atoms with E-state index in [4.69, 9.17) is 0 Å².